The Morgan fingerprint density at radius 1 is 1.24 bits per heavy atom. The third-order valence-electron chi connectivity index (χ3n) is 4.53. The van der Waals surface area contributed by atoms with Crippen LogP contribution in [-0.2, 0) is 13.0 Å². The minimum absolute atomic E-state index is 0. The fourth-order valence-corrected chi connectivity index (χ4v) is 3.10. The monoisotopic (exact) mass is 505 g/mol. The number of furan rings is 1. The van der Waals surface area contributed by atoms with Crippen LogP contribution in [0.5, 0.6) is 0 Å². The van der Waals surface area contributed by atoms with Gasteiger partial charge in [-0.1, -0.05) is 12.1 Å². The maximum absolute atomic E-state index is 5.30. The van der Waals surface area contributed by atoms with Gasteiger partial charge in [0.05, 0.1) is 12.8 Å². The number of rotatable bonds is 6. The van der Waals surface area contributed by atoms with Crippen molar-refractivity contribution < 1.29 is 4.42 Å². The molecular formula is C20H24IN7O. The summed E-state index contributed by atoms with van der Waals surface area (Å²) in [6, 6.07) is 10.1. The minimum atomic E-state index is 0. The molecule has 0 aliphatic rings. The molecular weight excluding hydrogens is 481 g/mol. The molecule has 0 atom stereocenters. The zero-order chi connectivity index (χ0) is 19.3. The van der Waals surface area contributed by atoms with Gasteiger partial charge in [0.2, 0.25) is 5.82 Å². The van der Waals surface area contributed by atoms with Crippen molar-refractivity contribution in [2.24, 2.45) is 4.99 Å². The lowest BCUT2D eigenvalue weighted by Crippen LogP contribution is -2.38. The maximum Gasteiger partial charge on any atom is 0.216 e. The third kappa shape index (κ3) is 4.97. The Labute approximate surface area is 185 Å². The fraction of sp³-hybridized carbons (Fsp3) is 0.250. The molecule has 0 unspecified atom stereocenters. The third-order valence-corrected chi connectivity index (χ3v) is 4.53. The first-order valence-electron chi connectivity index (χ1n) is 9.19. The van der Waals surface area contributed by atoms with Gasteiger partial charge in [0.15, 0.2) is 11.7 Å². The van der Waals surface area contributed by atoms with Crippen molar-refractivity contribution in [3.63, 3.8) is 0 Å². The van der Waals surface area contributed by atoms with E-state index in [0.29, 0.717) is 29.9 Å². The first-order chi connectivity index (χ1) is 13.7. The van der Waals surface area contributed by atoms with Crippen molar-refractivity contribution in [3.05, 3.63) is 59.7 Å². The van der Waals surface area contributed by atoms with Crippen LogP contribution in [0.15, 0.2) is 52.2 Å². The summed E-state index contributed by atoms with van der Waals surface area (Å²) in [5, 5.41) is 14.9. The Morgan fingerprint density at radius 3 is 2.93 bits per heavy atom. The first-order valence-corrected chi connectivity index (χ1v) is 9.19. The molecule has 0 aliphatic heterocycles. The van der Waals surface area contributed by atoms with Gasteiger partial charge in [0.25, 0.3) is 0 Å². The number of hydrogen-bond acceptors (Lipinski definition) is 4. The van der Waals surface area contributed by atoms with Crippen molar-refractivity contribution in [3.8, 4) is 11.6 Å². The molecule has 0 fully saturated rings. The number of nitrogens with one attached hydrogen (secondary N) is 4. The van der Waals surface area contributed by atoms with Crippen LogP contribution in [0.4, 0.5) is 0 Å². The highest BCUT2D eigenvalue weighted by molar-refractivity contribution is 14.0. The van der Waals surface area contributed by atoms with Gasteiger partial charge in [-0.25, -0.2) is 4.98 Å². The molecule has 0 aliphatic carbocycles. The molecule has 1 aromatic carbocycles. The molecule has 3 heterocycles. The van der Waals surface area contributed by atoms with Gasteiger partial charge >= 0.3 is 0 Å². The second kappa shape index (κ2) is 9.59. The van der Waals surface area contributed by atoms with Crippen LogP contribution in [0, 0.1) is 6.92 Å². The Kier molecular flexibility index (Phi) is 6.91. The number of aryl methyl sites for hydroxylation is 1. The summed E-state index contributed by atoms with van der Waals surface area (Å²) in [5.41, 5.74) is 3.72. The second-order valence-corrected chi connectivity index (χ2v) is 6.55. The van der Waals surface area contributed by atoms with Crippen LogP contribution in [0.2, 0.25) is 0 Å². The van der Waals surface area contributed by atoms with Gasteiger partial charge in [0, 0.05) is 30.7 Å². The van der Waals surface area contributed by atoms with Crippen LogP contribution in [0.3, 0.4) is 0 Å². The smallest absolute Gasteiger partial charge is 0.216 e. The predicted octanol–water partition coefficient (Wildman–Crippen LogP) is 3.38. The first kappa shape index (κ1) is 20.9. The lowest BCUT2D eigenvalue weighted by atomic mass is 10.1. The Balaban J connectivity index is 0.00000240. The Morgan fingerprint density at radius 2 is 2.14 bits per heavy atom. The normalized spacial score (nSPS) is 11.4. The van der Waals surface area contributed by atoms with E-state index in [1.807, 2.05) is 12.1 Å². The number of benzene rings is 1. The largest absolute Gasteiger partial charge is 0.461 e. The average Bonchev–Trinajstić information content (AvgIpc) is 3.44. The summed E-state index contributed by atoms with van der Waals surface area (Å²) in [6.45, 7) is 3.36. The maximum atomic E-state index is 5.30. The molecule has 152 valence electrons. The lowest BCUT2D eigenvalue weighted by molar-refractivity contribution is 0.577. The molecule has 29 heavy (non-hydrogen) atoms. The minimum Gasteiger partial charge on any atom is -0.461 e. The molecule has 0 saturated carbocycles. The molecule has 0 bridgehead atoms. The number of aromatic nitrogens is 4. The Bertz CT molecular complexity index is 1080. The molecule has 0 radical (unpaired) electrons. The zero-order valence-electron chi connectivity index (χ0n) is 16.3. The van der Waals surface area contributed by atoms with E-state index < -0.39 is 0 Å². The lowest BCUT2D eigenvalue weighted by Gasteiger charge is -2.10. The molecule has 0 saturated heterocycles. The van der Waals surface area contributed by atoms with Crippen molar-refractivity contribution in [1.29, 1.82) is 0 Å². The topological polar surface area (TPSA) is 107 Å². The number of guanidine groups is 1. The standard InChI is InChI=1S/C20H23N7O.HI/c1-13-5-6-15-14(11-23-16(15)10-13)7-8-22-20(21-2)24-12-18-25-19(27-26-18)17-4-3-9-28-17;/h3-6,9-11,23H,7-8,12H2,1-2H3,(H2,21,22,24)(H,25,26,27);1H. The highest BCUT2D eigenvalue weighted by Gasteiger charge is 2.09. The van der Waals surface area contributed by atoms with Gasteiger partial charge in [-0.2, -0.15) is 0 Å². The van der Waals surface area contributed by atoms with E-state index in [0.717, 1.165) is 13.0 Å². The van der Waals surface area contributed by atoms with Crippen LogP contribution >= 0.6 is 24.0 Å². The van der Waals surface area contributed by atoms with Gasteiger partial charge in [0.1, 0.15) is 5.82 Å². The molecule has 4 rings (SSSR count). The van der Waals surface area contributed by atoms with Crippen LogP contribution in [0.25, 0.3) is 22.5 Å². The second-order valence-electron chi connectivity index (χ2n) is 6.55. The summed E-state index contributed by atoms with van der Waals surface area (Å²) in [4.78, 5) is 12.0. The van der Waals surface area contributed by atoms with Gasteiger partial charge in [-0.15, -0.1) is 29.1 Å². The number of nitrogens with zero attached hydrogens (tertiary/aromatic N) is 3. The number of halogens is 1. The number of H-pyrrole nitrogens is 2. The van der Waals surface area contributed by atoms with Crippen LogP contribution in [0.1, 0.15) is 17.0 Å². The van der Waals surface area contributed by atoms with Crippen molar-refractivity contribution >= 4 is 40.8 Å². The number of aliphatic imine (C=N–C) groups is 1. The molecule has 3 aromatic heterocycles. The van der Waals surface area contributed by atoms with Crippen molar-refractivity contribution in [2.75, 3.05) is 13.6 Å². The fourth-order valence-electron chi connectivity index (χ4n) is 3.10. The quantitative estimate of drug-likeness (QED) is 0.183. The van der Waals surface area contributed by atoms with Crippen molar-refractivity contribution in [2.45, 2.75) is 19.9 Å². The van der Waals surface area contributed by atoms with Gasteiger partial charge < -0.3 is 20.0 Å². The SMILES string of the molecule is CN=C(NCCc1c[nH]c2cc(C)ccc12)NCc1nc(-c2ccco2)n[nH]1.I. The predicted molar refractivity (Wildman–Crippen MR) is 124 cm³/mol. The van der Waals surface area contributed by atoms with E-state index in [1.165, 1.54) is 22.0 Å². The highest BCUT2D eigenvalue weighted by atomic mass is 127. The van der Waals surface area contributed by atoms with Crippen LogP contribution in [-0.4, -0.2) is 39.7 Å². The molecule has 4 aromatic rings. The van der Waals surface area contributed by atoms with E-state index >= 15 is 0 Å². The molecule has 8 nitrogen and oxygen atoms in total. The summed E-state index contributed by atoms with van der Waals surface area (Å²) in [7, 11) is 1.75. The summed E-state index contributed by atoms with van der Waals surface area (Å²) in [6.07, 6.45) is 4.58. The summed E-state index contributed by atoms with van der Waals surface area (Å²) < 4.78 is 5.30. The molecule has 0 amide bonds. The number of fused-ring (bicyclic) bond motifs is 1. The van der Waals surface area contributed by atoms with E-state index in [4.69, 9.17) is 4.42 Å². The van der Waals surface area contributed by atoms with E-state index in [-0.39, 0.29) is 24.0 Å². The number of aromatic amines is 2. The highest BCUT2D eigenvalue weighted by Crippen LogP contribution is 2.19. The molecule has 4 N–H and O–H groups in total. The summed E-state index contributed by atoms with van der Waals surface area (Å²) >= 11 is 0. The average molecular weight is 505 g/mol. The van der Waals surface area contributed by atoms with Crippen LogP contribution < -0.4 is 10.6 Å². The summed E-state index contributed by atoms with van der Waals surface area (Å²) in [5.74, 6) is 2.60. The van der Waals surface area contributed by atoms with E-state index in [9.17, 15) is 0 Å². The Hall–Kier alpha value is -2.82. The number of hydrogen-bond donors (Lipinski definition) is 4. The molecule has 9 heteroatoms. The van der Waals surface area contributed by atoms with Gasteiger partial charge in [-0.05, 0) is 42.7 Å². The van der Waals surface area contributed by atoms with Crippen molar-refractivity contribution in [1.82, 2.24) is 30.8 Å². The zero-order valence-corrected chi connectivity index (χ0v) is 18.7. The van der Waals surface area contributed by atoms with E-state index in [1.54, 1.807) is 13.3 Å². The van der Waals surface area contributed by atoms with E-state index in [2.05, 4.69) is 67.1 Å². The van der Waals surface area contributed by atoms with Gasteiger partial charge in [-0.3, -0.25) is 10.1 Å². The molecule has 0 spiro atoms.